The lowest BCUT2D eigenvalue weighted by atomic mass is 9.65. The van der Waals surface area contributed by atoms with Crippen LogP contribution in [-0.4, -0.2) is 32.4 Å². The van der Waals surface area contributed by atoms with Gasteiger partial charge in [-0.1, -0.05) is 24.6 Å². The molecular formula is C17H26N2O2. The SMILES string of the molecule is NCC1CCCC(CN)(c2ccccc2OCC2CO2)C1. The highest BCUT2D eigenvalue weighted by molar-refractivity contribution is 5.40. The fourth-order valence-electron chi connectivity index (χ4n) is 3.60. The summed E-state index contributed by atoms with van der Waals surface area (Å²) >= 11 is 0. The quantitative estimate of drug-likeness (QED) is 0.784. The Hall–Kier alpha value is -1.10. The highest BCUT2D eigenvalue weighted by Gasteiger charge is 2.38. The first kappa shape index (κ1) is 14.8. The molecule has 3 unspecified atom stereocenters. The van der Waals surface area contributed by atoms with Gasteiger partial charge in [0.2, 0.25) is 0 Å². The van der Waals surface area contributed by atoms with Crippen molar-refractivity contribution in [2.24, 2.45) is 17.4 Å². The normalized spacial score (nSPS) is 31.9. The van der Waals surface area contributed by atoms with E-state index in [4.69, 9.17) is 20.9 Å². The zero-order valence-electron chi connectivity index (χ0n) is 12.6. The van der Waals surface area contributed by atoms with Crippen LogP contribution in [0.2, 0.25) is 0 Å². The highest BCUT2D eigenvalue weighted by Crippen LogP contribution is 2.44. The molecule has 1 aromatic carbocycles. The molecule has 1 saturated carbocycles. The van der Waals surface area contributed by atoms with Crippen molar-refractivity contribution in [1.29, 1.82) is 0 Å². The van der Waals surface area contributed by atoms with Gasteiger partial charge in [0, 0.05) is 17.5 Å². The zero-order chi connectivity index (χ0) is 14.7. The molecule has 4 N–H and O–H groups in total. The van der Waals surface area contributed by atoms with Gasteiger partial charge in [-0.25, -0.2) is 0 Å². The molecule has 1 aliphatic carbocycles. The second-order valence-electron chi connectivity index (χ2n) is 6.45. The maximum absolute atomic E-state index is 6.20. The Morgan fingerprint density at radius 2 is 2.10 bits per heavy atom. The average Bonchev–Trinajstić information content (AvgIpc) is 3.37. The summed E-state index contributed by atoms with van der Waals surface area (Å²) < 4.78 is 11.2. The minimum atomic E-state index is 0.0172. The van der Waals surface area contributed by atoms with Crippen LogP contribution in [0.1, 0.15) is 31.2 Å². The minimum Gasteiger partial charge on any atom is -0.490 e. The van der Waals surface area contributed by atoms with Crippen LogP contribution >= 0.6 is 0 Å². The van der Waals surface area contributed by atoms with Crippen molar-refractivity contribution in [3.05, 3.63) is 29.8 Å². The molecule has 4 nitrogen and oxygen atoms in total. The number of benzene rings is 1. The Morgan fingerprint density at radius 3 is 2.81 bits per heavy atom. The molecule has 2 fully saturated rings. The summed E-state index contributed by atoms with van der Waals surface area (Å²) in [6.07, 6.45) is 4.88. The van der Waals surface area contributed by atoms with Crippen molar-refractivity contribution >= 4 is 0 Å². The van der Waals surface area contributed by atoms with Gasteiger partial charge in [0.15, 0.2) is 0 Å². The third-order valence-electron chi connectivity index (χ3n) is 4.96. The Morgan fingerprint density at radius 1 is 1.29 bits per heavy atom. The van der Waals surface area contributed by atoms with E-state index in [2.05, 4.69) is 18.2 Å². The molecule has 3 rings (SSSR count). The zero-order valence-corrected chi connectivity index (χ0v) is 12.6. The highest BCUT2D eigenvalue weighted by atomic mass is 16.6. The molecule has 3 atom stereocenters. The number of epoxide rings is 1. The Balaban J connectivity index is 1.84. The van der Waals surface area contributed by atoms with Gasteiger partial charge in [-0.05, 0) is 37.8 Å². The van der Waals surface area contributed by atoms with Crippen LogP contribution in [0.25, 0.3) is 0 Å². The lowest BCUT2D eigenvalue weighted by Gasteiger charge is -2.41. The van der Waals surface area contributed by atoms with Crippen LogP contribution in [0.15, 0.2) is 24.3 Å². The summed E-state index contributed by atoms with van der Waals surface area (Å²) in [6, 6.07) is 8.34. The standard InChI is InChI=1S/C17H26N2O2/c18-9-13-4-3-7-17(8-13,12-19)15-5-1-2-6-16(15)21-11-14-10-20-14/h1-2,5-6,13-14H,3-4,7-12,18-19H2. The van der Waals surface area contributed by atoms with Crippen molar-refractivity contribution < 1.29 is 9.47 Å². The average molecular weight is 290 g/mol. The predicted molar refractivity (Wildman–Crippen MR) is 83.4 cm³/mol. The van der Waals surface area contributed by atoms with E-state index in [0.717, 1.165) is 31.7 Å². The summed E-state index contributed by atoms with van der Waals surface area (Å²) in [6.45, 7) is 2.86. The summed E-state index contributed by atoms with van der Waals surface area (Å²) in [4.78, 5) is 0. The number of ether oxygens (including phenoxy) is 2. The molecule has 0 bridgehead atoms. The van der Waals surface area contributed by atoms with Gasteiger partial charge in [-0.15, -0.1) is 0 Å². The third-order valence-corrected chi connectivity index (χ3v) is 4.96. The monoisotopic (exact) mass is 290 g/mol. The summed E-state index contributed by atoms with van der Waals surface area (Å²) in [7, 11) is 0. The molecule has 0 aromatic heterocycles. The van der Waals surface area contributed by atoms with E-state index >= 15 is 0 Å². The van der Waals surface area contributed by atoms with Crippen LogP contribution in [-0.2, 0) is 10.2 Å². The summed E-state index contributed by atoms with van der Waals surface area (Å²) in [5, 5.41) is 0. The van der Waals surface area contributed by atoms with Crippen molar-refractivity contribution in [2.75, 3.05) is 26.3 Å². The first-order valence-corrected chi connectivity index (χ1v) is 8.01. The molecule has 1 aromatic rings. The van der Waals surface area contributed by atoms with Crippen LogP contribution in [0.3, 0.4) is 0 Å². The molecule has 0 radical (unpaired) electrons. The number of hydrogen-bond acceptors (Lipinski definition) is 4. The van der Waals surface area contributed by atoms with E-state index in [1.54, 1.807) is 0 Å². The van der Waals surface area contributed by atoms with E-state index in [1.807, 2.05) is 6.07 Å². The molecule has 2 aliphatic rings. The Labute approximate surface area is 126 Å². The Bertz CT molecular complexity index is 476. The van der Waals surface area contributed by atoms with Crippen molar-refractivity contribution in [3.8, 4) is 5.75 Å². The molecule has 1 heterocycles. The van der Waals surface area contributed by atoms with Crippen molar-refractivity contribution in [1.82, 2.24) is 0 Å². The van der Waals surface area contributed by atoms with Gasteiger partial charge >= 0.3 is 0 Å². The number of rotatable bonds is 6. The summed E-state index contributed by atoms with van der Waals surface area (Å²) in [5.74, 6) is 1.54. The first-order valence-electron chi connectivity index (χ1n) is 8.01. The number of hydrogen-bond donors (Lipinski definition) is 2. The number of para-hydroxylation sites is 1. The molecule has 0 amide bonds. The van der Waals surface area contributed by atoms with E-state index in [1.165, 1.54) is 18.4 Å². The maximum Gasteiger partial charge on any atom is 0.123 e. The lowest BCUT2D eigenvalue weighted by molar-refractivity contribution is 0.214. The molecule has 0 spiro atoms. The summed E-state index contributed by atoms with van der Waals surface area (Å²) in [5.41, 5.74) is 13.4. The lowest BCUT2D eigenvalue weighted by Crippen LogP contribution is -2.41. The maximum atomic E-state index is 6.20. The van der Waals surface area contributed by atoms with Crippen molar-refractivity contribution in [2.45, 2.75) is 37.2 Å². The molecule has 1 aliphatic heterocycles. The molecule has 21 heavy (non-hydrogen) atoms. The molecule has 4 heteroatoms. The van der Waals surface area contributed by atoms with Gasteiger partial charge in [0.25, 0.3) is 0 Å². The van der Waals surface area contributed by atoms with Gasteiger partial charge < -0.3 is 20.9 Å². The van der Waals surface area contributed by atoms with E-state index < -0.39 is 0 Å². The Kier molecular flexibility index (Phi) is 4.48. The van der Waals surface area contributed by atoms with Gasteiger partial charge in [-0.2, -0.15) is 0 Å². The second-order valence-corrected chi connectivity index (χ2v) is 6.45. The smallest absolute Gasteiger partial charge is 0.123 e. The topological polar surface area (TPSA) is 73.8 Å². The molecular weight excluding hydrogens is 264 g/mol. The second kappa shape index (κ2) is 6.34. The van der Waals surface area contributed by atoms with E-state index in [-0.39, 0.29) is 11.5 Å². The number of nitrogens with two attached hydrogens (primary N) is 2. The van der Waals surface area contributed by atoms with Crippen molar-refractivity contribution in [3.63, 3.8) is 0 Å². The third kappa shape index (κ3) is 3.23. The van der Waals surface area contributed by atoms with Crippen LogP contribution in [0.5, 0.6) is 5.75 Å². The minimum absolute atomic E-state index is 0.0172. The molecule has 116 valence electrons. The van der Waals surface area contributed by atoms with Crippen LogP contribution < -0.4 is 16.2 Å². The van der Waals surface area contributed by atoms with E-state index in [0.29, 0.717) is 19.1 Å². The largest absolute Gasteiger partial charge is 0.490 e. The first-order chi connectivity index (χ1) is 10.3. The predicted octanol–water partition coefficient (Wildman–Crippen LogP) is 1.81. The molecule has 1 saturated heterocycles. The van der Waals surface area contributed by atoms with Gasteiger partial charge in [-0.3, -0.25) is 0 Å². The fraction of sp³-hybridized carbons (Fsp3) is 0.647. The van der Waals surface area contributed by atoms with E-state index in [9.17, 15) is 0 Å². The fourth-order valence-corrected chi connectivity index (χ4v) is 3.60. The van der Waals surface area contributed by atoms with Crippen LogP contribution in [0.4, 0.5) is 0 Å². The van der Waals surface area contributed by atoms with Gasteiger partial charge in [0.05, 0.1) is 6.61 Å². The van der Waals surface area contributed by atoms with Gasteiger partial charge in [0.1, 0.15) is 18.5 Å². The van der Waals surface area contributed by atoms with Crippen LogP contribution in [0, 0.1) is 5.92 Å².